The quantitative estimate of drug-likeness (QED) is 0.213. The number of nitrogens with zero attached hydrogens (tertiary/aromatic N) is 3. The zero-order chi connectivity index (χ0) is 24.1. The van der Waals surface area contributed by atoms with Gasteiger partial charge in [0.1, 0.15) is 5.57 Å². The van der Waals surface area contributed by atoms with Crippen LogP contribution in [0.3, 0.4) is 0 Å². The van der Waals surface area contributed by atoms with Crippen molar-refractivity contribution in [3.05, 3.63) is 100 Å². The summed E-state index contributed by atoms with van der Waals surface area (Å²) < 4.78 is 1.61. The number of carbonyl (C=O) groups is 2. The summed E-state index contributed by atoms with van der Waals surface area (Å²) in [6.07, 6.45) is 6.50. The molecule has 0 aliphatic carbocycles. The molecule has 0 spiro atoms. The number of halogens is 2. The largest absolute Gasteiger partial charge is 0.320 e. The van der Waals surface area contributed by atoms with Gasteiger partial charge in [0.15, 0.2) is 0 Å². The fourth-order valence-electron chi connectivity index (χ4n) is 3.24. The molecule has 2 aromatic heterocycles. The number of anilines is 2. The number of hydrogen-bond donors (Lipinski definition) is 2. The molecule has 0 saturated heterocycles. The van der Waals surface area contributed by atoms with Crippen molar-refractivity contribution in [3.63, 3.8) is 0 Å². The maximum atomic E-state index is 13.3. The summed E-state index contributed by atoms with van der Waals surface area (Å²) >= 11 is 12.4. The number of nitrogens with one attached hydrogen (secondary N) is 2. The summed E-state index contributed by atoms with van der Waals surface area (Å²) in [6.45, 7) is 0. The second-order valence-corrected chi connectivity index (χ2v) is 8.08. The monoisotopic (exact) mass is 491 g/mol. The fourth-order valence-corrected chi connectivity index (χ4v) is 3.61. The van der Waals surface area contributed by atoms with E-state index in [1.165, 1.54) is 6.08 Å². The summed E-state index contributed by atoms with van der Waals surface area (Å²) in [5, 5.41) is 10.6. The molecule has 4 rings (SSSR count). The van der Waals surface area contributed by atoms with Gasteiger partial charge in [0.2, 0.25) is 0 Å². The van der Waals surface area contributed by atoms with E-state index in [4.69, 9.17) is 23.2 Å². The van der Waals surface area contributed by atoms with Crippen molar-refractivity contribution < 1.29 is 9.59 Å². The highest BCUT2D eigenvalue weighted by Crippen LogP contribution is 2.26. The van der Waals surface area contributed by atoms with Crippen molar-refractivity contribution in [3.8, 4) is 11.3 Å². The lowest BCUT2D eigenvalue weighted by Crippen LogP contribution is -2.25. The standard InChI is InChI=1S/C25H19Cl2N5O2/c1-32-15-17(23(31-32)16-10-12-28-13-11-16)14-18(24(33)29-21-8-4-2-6-19(21)26)25(34)30-22-9-5-3-7-20(22)27/h2-15H,1H3,(H,29,33)(H,30,34). The summed E-state index contributed by atoms with van der Waals surface area (Å²) in [5.74, 6) is -1.27. The Hall–Kier alpha value is -3.94. The Morgan fingerprint density at radius 1 is 0.853 bits per heavy atom. The minimum atomic E-state index is -0.637. The second kappa shape index (κ2) is 10.3. The van der Waals surface area contributed by atoms with Crippen molar-refractivity contribution in [2.75, 3.05) is 10.6 Å². The molecule has 7 nitrogen and oxygen atoms in total. The second-order valence-electron chi connectivity index (χ2n) is 7.27. The van der Waals surface area contributed by atoms with Gasteiger partial charge in [-0.05, 0) is 42.5 Å². The van der Waals surface area contributed by atoms with Gasteiger partial charge in [-0.15, -0.1) is 0 Å². The van der Waals surface area contributed by atoms with Gasteiger partial charge >= 0.3 is 0 Å². The number of carbonyl (C=O) groups excluding carboxylic acids is 2. The number of amides is 2. The zero-order valence-corrected chi connectivity index (χ0v) is 19.5. The lowest BCUT2D eigenvalue weighted by Gasteiger charge is -2.12. The molecule has 2 amide bonds. The molecule has 4 aromatic rings. The highest BCUT2D eigenvalue weighted by Gasteiger charge is 2.22. The lowest BCUT2D eigenvalue weighted by atomic mass is 10.1. The van der Waals surface area contributed by atoms with Crippen LogP contribution in [0.1, 0.15) is 5.56 Å². The van der Waals surface area contributed by atoms with E-state index in [9.17, 15) is 9.59 Å². The molecule has 2 aromatic carbocycles. The van der Waals surface area contributed by atoms with Crippen LogP contribution < -0.4 is 10.6 Å². The van der Waals surface area contributed by atoms with E-state index >= 15 is 0 Å². The predicted octanol–water partition coefficient (Wildman–Crippen LogP) is 5.45. The topological polar surface area (TPSA) is 88.9 Å². The van der Waals surface area contributed by atoms with E-state index in [1.54, 1.807) is 91.0 Å². The lowest BCUT2D eigenvalue weighted by molar-refractivity contribution is -0.118. The van der Waals surface area contributed by atoms with Gasteiger partial charge in [0.05, 0.1) is 27.1 Å². The molecule has 0 atom stereocenters. The van der Waals surface area contributed by atoms with E-state index in [2.05, 4.69) is 20.7 Å². The number of aryl methyl sites for hydroxylation is 1. The molecule has 0 fully saturated rings. The smallest absolute Gasteiger partial charge is 0.261 e. The summed E-state index contributed by atoms with van der Waals surface area (Å²) in [5.41, 5.74) is 2.57. The third-order valence-corrected chi connectivity index (χ3v) is 5.50. The molecular weight excluding hydrogens is 473 g/mol. The van der Waals surface area contributed by atoms with E-state index in [0.29, 0.717) is 32.7 Å². The Balaban J connectivity index is 1.76. The molecular formula is C25H19Cl2N5O2. The average Bonchev–Trinajstić information content (AvgIpc) is 3.21. The number of hydrogen-bond acceptors (Lipinski definition) is 4. The third-order valence-electron chi connectivity index (χ3n) is 4.84. The van der Waals surface area contributed by atoms with Gasteiger partial charge in [-0.2, -0.15) is 5.10 Å². The van der Waals surface area contributed by atoms with Crippen LogP contribution in [0.5, 0.6) is 0 Å². The minimum Gasteiger partial charge on any atom is -0.320 e. The van der Waals surface area contributed by atoms with Crippen LogP contribution in [-0.4, -0.2) is 26.6 Å². The molecule has 2 N–H and O–H groups in total. The van der Waals surface area contributed by atoms with Crippen LogP contribution in [0.15, 0.2) is 84.8 Å². The molecule has 2 heterocycles. The van der Waals surface area contributed by atoms with Crippen LogP contribution in [0, 0.1) is 0 Å². The number of benzene rings is 2. The van der Waals surface area contributed by atoms with Crippen molar-refractivity contribution in [1.29, 1.82) is 0 Å². The van der Waals surface area contributed by atoms with Crippen LogP contribution in [0.2, 0.25) is 10.0 Å². The summed E-state index contributed by atoms with van der Waals surface area (Å²) in [7, 11) is 1.76. The normalized spacial score (nSPS) is 10.4. The molecule has 0 bridgehead atoms. The first-order chi connectivity index (χ1) is 16.4. The summed E-state index contributed by atoms with van der Waals surface area (Å²) in [4.78, 5) is 30.6. The SMILES string of the molecule is Cn1cc(C=C(C(=O)Nc2ccccc2Cl)C(=O)Nc2ccccc2Cl)c(-c2ccncc2)n1. The van der Waals surface area contributed by atoms with E-state index in [1.807, 2.05) is 0 Å². The van der Waals surface area contributed by atoms with E-state index < -0.39 is 11.8 Å². The number of pyridine rings is 1. The molecule has 0 aliphatic rings. The third kappa shape index (κ3) is 5.33. The van der Waals surface area contributed by atoms with Gasteiger partial charge in [0, 0.05) is 36.8 Å². The van der Waals surface area contributed by atoms with Crippen molar-refractivity contribution in [2.45, 2.75) is 0 Å². The van der Waals surface area contributed by atoms with Crippen molar-refractivity contribution in [1.82, 2.24) is 14.8 Å². The Bertz CT molecular complexity index is 1320. The average molecular weight is 492 g/mol. The Kier molecular flexibility index (Phi) is 7.06. The predicted molar refractivity (Wildman–Crippen MR) is 135 cm³/mol. The Labute approximate surface area is 206 Å². The van der Waals surface area contributed by atoms with Crippen LogP contribution >= 0.6 is 23.2 Å². The molecule has 0 aliphatic heterocycles. The van der Waals surface area contributed by atoms with E-state index in [-0.39, 0.29) is 5.57 Å². The highest BCUT2D eigenvalue weighted by molar-refractivity contribution is 6.36. The first kappa shape index (κ1) is 23.2. The van der Waals surface area contributed by atoms with Crippen LogP contribution in [-0.2, 0) is 16.6 Å². The van der Waals surface area contributed by atoms with Crippen molar-refractivity contribution in [2.24, 2.45) is 7.05 Å². The van der Waals surface area contributed by atoms with Gasteiger partial charge in [0.25, 0.3) is 11.8 Å². The van der Waals surface area contributed by atoms with Gasteiger partial charge in [-0.1, -0.05) is 47.5 Å². The molecule has 9 heteroatoms. The Morgan fingerprint density at radius 3 is 1.91 bits per heavy atom. The zero-order valence-electron chi connectivity index (χ0n) is 18.0. The number of para-hydroxylation sites is 2. The molecule has 0 unspecified atom stereocenters. The molecule has 0 radical (unpaired) electrons. The first-order valence-electron chi connectivity index (χ1n) is 10.2. The fraction of sp³-hybridized carbons (Fsp3) is 0.0400. The van der Waals surface area contributed by atoms with Gasteiger partial charge < -0.3 is 10.6 Å². The highest BCUT2D eigenvalue weighted by atomic mass is 35.5. The number of aromatic nitrogens is 3. The molecule has 0 saturated carbocycles. The minimum absolute atomic E-state index is 0.150. The molecule has 34 heavy (non-hydrogen) atoms. The van der Waals surface area contributed by atoms with E-state index in [0.717, 1.165) is 5.56 Å². The first-order valence-corrected chi connectivity index (χ1v) is 11.0. The Morgan fingerprint density at radius 2 is 1.38 bits per heavy atom. The maximum Gasteiger partial charge on any atom is 0.261 e. The number of rotatable bonds is 6. The summed E-state index contributed by atoms with van der Waals surface area (Å²) in [6, 6.07) is 17.1. The van der Waals surface area contributed by atoms with Crippen LogP contribution in [0.4, 0.5) is 11.4 Å². The van der Waals surface area contributed by atoms with Gasteiger partial charge in [-0.25, -0.2) is 0 Å². The van der Waals surface area contributed by atoms with Crippen LogP contribution in [0.25, 0.3) is 17.3 Å². The van der Waals surface area contributed by atoms with Gasteiger partial charge in [-0.3, -0.25) is 19.3 Å². The maximum absolute atomic E-state index is 13.3. The van der Waals surface area contributed by atoms with Crippen molar-refractivity contribution >= 4 is 52.5 Å². The molecule has 170 valence electrons.